The normalized spacial score (nSPS) is 10.4. The second-order valence-corrected chi connectivity index (χ2v) is 6.16. The fourth-order valence-corrected chi connectivity index (χ4v) is 3.03. The lowest BCUT2D eigenvalue weighted by Crippen LogP contribution is -1.93. The molecular weight excluding hydrogens is 368 g/mol. The Morgan fingerprint density at radius 2 is 1.76 bits per heavy atom. The highest BCUT2D eigenvalue weighted by Crippen LogP contribution is 2.32. The van der Waals surface area contributed by atoms with E-state index in [0.29, 0.717) is 22.1 Å². The molecule has 126 valence electrons. The molecule has 8 nitrogen and oxygen atoms in total. The standard InChI is InChI=1S/C15H9ClN4O4S/c16-12-7-11(20(23)24)4-5-13(12)17-15-18-14(8-25-15)9-2-1-3-10(6-9)19(21)22/h1-8H,(H,17,18). The molecule has 1 heterocycles. The van der Waals surface area contributed by atoms with E-state index in [1.807, 2.05) is 0 Å². The Kier molecular flexibility index (Phi) is 4.59. The maximum absolute atomic E-state index is 10.9. The van der Waals surface area contributed by atoms with Gasteiger partial charge in [-0.15, -0.1) is 11.3 Å². The first kappa shape index (κ1) is 16.8. The smallest absolute Gasteiger partial charge is 0.271 e. The summed E-state index contributed by atoms with van der Waals surface area (Å²) in [6.45, 7) is 0. The highest BCUT2D eigenvalue weighted by Gasteiger charge is 2.13. The van der Waals surface area contributed by atoms with Crippen molar-refractivity contribution in [3.05, 3.63) is 73.1 Å². The number of hydrogen-bond acceptors (Lipinski definition) is 7. The molecule has 10 heteroatoms. The molecule has 3 aromatic rings. The van der Waals surface area contributed by atoms with Crippen LogP contribution < -0.4 is 5.32 Å². The number of nitrogens with zero attached hydrogens (tertiary/aromatic N) is 3. The summed E-state index contributed by atoms with van der Waals surface area (Å²) >= 11 is 7.33. The summed E-state index contributed by atoms with van der Waals surface area (Å²) in [7, 11) is 0. The van der Waals surface area contributed by atoms with E-state index in [4.69, 9.17) is 11.6 Å². The highest BCUT2D eigenvalue weighted by molar-refractivity contribution is 7.14. The molecule has 0 aliphatic carbocycles. The first-order chi connectivity index (χ1) is 11.9. The third-order valence-corrected chi connectivity index (χ3v) is 4.33. The van der Waals surface area contributed by atoms with Gasteiger partial charge in [0.05, 0.1) is 26.3 Å². The van der Waals surface area contributed by atoms with Gasteiger partial charge in [-0.2, -0.15) is 0 Å². The number of nitro benzene ring substituents is 2. The monoisotopic (exact) mass is 376 g/mol. The SMILES string of the molecule is O=[N+]([O-])c1cccc(-c2csc(Nc3ccc([N+](=O)[O-])cc3Cl)n2)c1. The maximum Gasteiger partial charge on any atom is 0.271 e. The molecule has 0 bridgehead atoms. The van der Waals surface area contributed by atoms with E-state index in [-0.39, 0.29) is 16.4 Å². The number of anilines is 2. The van der Waals surface area contributed by atoms with Crippen molar-refractivity contribution >= 4 is 45.1 Å². The van der Waals surface area contributed by atoms with Gasteiger partial charge in [-0.05, 0) is 6.07 Å². The van der Waals surface area contributed by atoms with Crippen molar-refractivity contribution in [1.82, 2.24) is 4.98 Å². The number of nitrogens with one attached hydrogen (secondary N) is 1. The summed E-state index contributed by atoms with van der Waals surface area (Å²) in [5.74, 6) is 0. The van der Waals surface area contributed by atoms with Crippen molar-refractivity contribution in [2.24, 2.45) is 0 Å². The van der Waals surface area contributed by atoms with Crippen LogP contribution in [0.3, 0.4) is 0 Å². The number of halogens is 1. The van der Waals surface area contributed by atoms with Crippen molar-refractivity contribution in [1.29, 1.82) is 0 Å². The minimum atomic E-state index is -0.528. The summed E-state index contributed by atoms with van der Waals surface area (Å²) in [4.78, 5) is 25.0. The second kappa shape index (κ2) is 6.83. The van der Waals surface area contributed by atoms with E-state index in [0.717, 1.165) is 0 Å². The largest absolute Gasteiger partial charge is 0.330 e. The van der Waals surface area contributed by atoms with Crippen LogP contribution in [0.2, 0.25) is 5.02 Å². The van der Waals surface area contributed by atoms with Crippen LogP contribution in [0.25, 0.3) is 11.3 Å². The van der Waals surface area contributed by atoms with Crippen molar-refractivity contribution in [3.63, 3.8) is 0 Å². The minimum absolute atomic E-state index is 0.0153. The molecular formula is C15H9ClN4O4S. The fraction of sp³-hybridized carbons (Fsp3) is 0. The summed E-state index contributed by atoms with van der Waals surface area (Å²) < 4.78 is 0. The number of hydrogen-bond donors (Lipinski definition) is 1. The Hall–Kier alpha value is -3.04. The molecule has 0 radical (unpaired) electrons. The third-order valence-electron chi connectivity index (χ3n) is 3.26. The number of thiazole rings is 1. The molecule has 0 spiro atoms. The third kappa shape index (κ3) is 3.73. The summed E-state index contributed by atoms with van der Waals surface area (Å²) in [5, 5.41) is 27.0. The van der Waals surface area contributed by atoms with Gasteiger partial charge >= 0.3 is 0 Å². The van der Waals surface area contributed by atoms with Crippen molar-refractivity contribution < 1.29 is 9.85 Å². The number of benzene rings is 2. The molecule has 0 saturated carbocycles. The number of non-ortho nitro benzene ring substituents is 2. The summed E-state index contributed by atoms with van der Waals surface area (Å²) in [6, 6.07) is 10.2. The van der Waals surface area contributed by atoms with Gasteiger partial charge in [-0.25, -0.2) is 4.98 Å². The summed E-state index contributed by atoms with van der Waals surface area (Å²) in [6.07, 6.45) is 0. The Bertz CT molecular complexity index is 976. The zero-order valence-corrected chi connectivity index (χ0v) is 14.0. The maximum atomic E-state index is 10.9. The molecule has 0 atom stereocenters. The van der Waals surface area contributed by atoms with E-state index in [1.165, 1.54) is 41.7 Å². The topological polar surface area (TPSA) is 111 Å². The van der Waals surface area contributed by atoms with Crippen LogP contribution in [0.15, 0.2) is 47.8 Å². The number of rotatable bonds is 5. The van der Waals surface area contributed by atoms with Gasteiger partial charge in [-0.3, -0.25) is 20.2 Å². The number of aromatic nitrogens is 1. The molecule has 1 aromatic heterocycles. The van der Waals surface area contributed by atoms with Gasteiger partial charge in [0.25, 0.3) is 11.4 Å². The van der Waals surface area contributed by atoms with Crippen LogP contribution in [0.5, 0.6) is 0 Å². The van der Waals surface area contributed by atoms with Crippen molar-refractivity contribution in [2.45, 2.75) is 0 Å². The molecule has 0 aliphatic heterocycles. The van der Waals surface area contributed by atoms with E-state index in [2.05, 4.69) is 10.3 Å². The van der Waals surface area contributed by atoms with E-state index in [1.54, 1.807) is 17.5 Å². The van der Waals surface area contributed by atoms with Gasteiger partial charge in [0.2, 0.25) is 0 Å². The first-order valence-corrected chi connectivity index (χ1v) is 8.11. The lowest BCUT2D eigenvalue weighted by Gasteiger charge is -2.04. The van der Waals surface area contributed by atoms with Crippen LogP contribution in [-0.2, 0) is 0 Å². The molecule has 2 aromatic carbocycles. The van der Waals surface area contributed by atoms with Crippen LogP contribution in [-0.4, -0.2) is 14.8 Å². The van der Waals surface area contributed by atoms with Crippen LogP contribution in [0.4, 0.5) is 22.2 Å². The molecule has 0 saturated heterocycles. The lowest BCUT2D eigenvalue weighted by molar-refractivity contribution is -0.385. The second-order valence-electron chi connectivity index (χ2n) is 4.89. The molecule has 0 fully saturated rings. The Balaban J connectivity index is 1.84. The minimum Gasteiger partial charge on any atom is -0.330 e. The number of nitro groups is 2. The fourth-order valence-electron chi connectivity index (χ4n) is 2.08. The van der Waals surface area contributed by atoms with Gasteiger partial charge in [0.15, 0.2) is 5.13 Å². The predicted octanol–water partition coefficient (Wildman–Crippen LogP) is 5.02. The van der Waals surface area contributed by atoms with Crippen molar-refractivity contribution in [2.75, 3.05) is 5.32 Å². The average Bonchev–Trinajstić information content (AvgIpc) is 3.05. The van der Waals surface area contributed by atoms with Crippen LogP contribution in [0, 0.1) is 20.2 Å². The van der Waals surface area contributed by atoms with Gasteiger partial charge in [-0.1, -0.05) is 23.7 Å². The summed E-state index contributed by atoms with van der Waals surface area (Å²) in [5.41, 5.74) is 1.56. The van der Waals surface area contributed by atoms with E-state index < -0.39 is 9.85 Å². The molecule has 3 rings (SSSR count). The Morgan fingerprint density at radius 1 is 1.04 bits per heavy atom. The molecule has 25 heavy (non-hydrogen) atoms. The van der Waals surface area contributed by atoms with Gasteiger partial charge < -0.3 is 5.32 Å². The van der Waals surface area contributed by atoms with Crippen LogP contribution >= 0.6 is 22.9 Å². The molecule has 0 amide bonds. The zero-order valence-electron chi connectivity index (χ0n) is 12.4. The highest BCUT2D eigenvalue weighted by atomic mass is 35.5. The van der Waals surface area contributed by atoms with Gasteiger partial charge in [0, 0.05) is 35.2 Å². The molecule has 0 unspecified atom stereocenters. The Labute approximate surface area is 150 Å². The first-order valence-electron chi connectivity index (χ1n) is 6.85. The molecule has 1 N–H and O–H groups in total. The van der Waals surface area contributed by atoms with E-state index in [9.17, 15) is 20.2 Å². The van der Waals surface area contributed by atoms with Gasteiger partial charge in [0.1, 0.15) is 0 Å². The van der Waals surface area contributed by atoms with E-state index >= 15 is 0 Å². The predicted molar refractivity (Wildman–Crippen MR) is 95.6 cm³/mol. The van der Waals surface area contributed by atoms with Crippen molar-refractivity contribution in [3.8, 4) is 11.3 Å². The lowest BCUT2D eigenvalue weighted by atomic mass is 10.1. The zero-order chi connectivity index (χ0) is 18.0. The van der Waals surface area contributed by atoms with Crippen LogP contribution in [0.1, 0.15) is 0 Å². The molecule has 0 aliphatic rings. The Morgan fingerprint density at radius 3 is 2.44 bits per heavy atom. The quantitative estimate of drug-likeness (QED) is 0.494. The average molecular weight is 377 g/mol.